The van der Waals surface area contributed by atoms with Gasteiger partial charge in [0.05, 0.1) is 29.1 Å². The van der Waals surface area contributed by atoms with Crippen LogP contribution in [-0.4, -0.2) is 70.5 Å². The second-order valence-corrected chi connectivity index (χ2v) is 8.68. The summed E-state index contributed by atoms with van der Waals surface area (Å²) >= 11 is 12.1. The Balaban J connectivity index is 1.43. The summed E-state index contributed by atoms with van der Waals surface area (Å²) in [6.45, 7) is 3.18. The minimum atomic E-state index is -0.553. The predicted molar refractivity (Wildman–Crippen MR) is 129 cm³/mol. The molecule has 178 valence electrons. The molecule has 11 heteroatoms. The second kappa shape index (κ2) is 10.5. The molecule has 0 aliphatic carbocycles. The van der Waals surface area contributed by atoms with Crippen molar-refractivity contribution in [1.29, 1.82) is 0 Å². The number of likely N-dealkylation sites (N-methyl/N-ethyl adjacent to an activating group) is 1. The van der Waals surface area contributed by atoms with Gasteiger partial charge >= 0.3 is 0 Å². The van der Waals surface area contributed by atoms with Crippen LogP contribution in [0.2, 0.25) is 10.0 Å². The number of halogens is 3. The lowest BCUT2D eigenvalue weighted by molar-refractivity contribution is 0.0663. The molecule has 4 rings (SSSR count). The molecule has 2 N–H and O–H groups in total. The largest absolute Gasteiger partial charge is 0.475 e. The Labute approximate surface area is 206 Å². The van der Waals surface area contributed by atoms with Crippen LogP contribution in [0.4, 0.5) is 10.2 Å². The lowest BCUT2D eigenvalue weighted by Crippen LogP contribution is -2.47. The number of amides is 1. The van der Waals surface area contributed by atoms with E-state index < -0.39 is 5.82 Å². The number of anilines is 1. The van der Waals surface area contributed by atoms with Crippen LogP contribution in [0.15, 0.2) is 36.7 Å². The van der Waals surface area contributed by atoms with E-state index in [1.54, 1.807) is 12.1 Å². The molecule has 1 aliphatic rings. The van der Waals surface area contributed by atoms with Crippen molar-refractivity contribution in [3.63, 3.8) is 0 Å². The van der Waals surface area contributed by atoms with E-state index in [1.165, 1.54) is 24.5 Å². The molecule has 0 unspecified atom stereocenters. The molecule has 0 atom stereocenters. The zero-order chi connectivity index (χ0) is 24.2. The van der Waals surface area contributed by atoms with Crippen molar-refractivity contribution < 1.29 is 13.9 Å². The van der Waals surface area contributed by atoms with Gasteiger partial charge in [-0.1, -0.05) is 23.2 Å². The topological polar surface area (TPSA) is 97.5 Å². The highest BCUT2D eigenvalue weighted by Crippen LogP contribution is 2.28. The fourth-order valence-electron chi connectivity index (χ4n) is 3.52. The number of carbonyl (C=O) groups excluding carboxylic acids is 1. The zero-order valence-electron chi connectivity index (χ0n) is 18.5. The first-order valence-electron chi connectivity index (χ1n) is 10.7. The maximum atomic E-state index is 13.7. The SMILES string of the molecule is CN1CCN(C(=O)c2ccc(-c3cnc(N)c(OCCc4c(Cl)ccc(F)c4Cl)n3)nc2)CC1. The Bertz CT molecular complexity index is 1190. The number of pyridine rings is 1. The number of ether oxygens (including phenoxy) is 1. The van der Waals surface area contributed by atoms with E-state index in [4.69, 9.17) is 33.7 Å². The van der Waals surface area contributed by atoms with Crippen LogP contribution in [0.5, 0.6) is 5.88 Å². The Kier molecular flexibility index (Phi) is 7.45. The van der Waals surface area contributed by atoms with E-state index in [2.05, 4.69) is 19.9 Å². The standard InChI is InChI=1S/C23H23Cl2FN6O2/c1-31-7-9-32(10-8-31)23(33)14-2-5-18(28-12-14)19-13-29-21(27)22(30-19)34-11-6-15-16(24)3-4-17(26)20(15)25/h2-5,12-13H,6-11H2,1H3,(H2,27,29). The number of aromatic nitrogens is 3. The van der Waals surface area contributed by atoms with Crippen molar-refractivity contribution in [1.82, 2.24) is 24.8 Å². The molecule has 0 radical (unpaired) electrons. The number of hydrogen-bond acceptors (Lipinski definition) is 7. The zero-order valence-corrected chi connectivity index (χ0v) is 20.0. The number of rotatable bonds is 6. The summed E-state index contributed by atoms with van der Waals surface area (Å²) in [5.74, 6) is -0.389. The first-order chi connectivity index (χ1) is 16.3. The van der Waals surface area contributed by atoms with Crippen molar-refractivity contribution in [2.24, 2.45) is 0 Å². The number of nitrogens with two attached hydrogens (primary N) is 1. The Morgan fingerprint density at radius 2 is 1.85 bits per heavy atom. The fourth-order valence-corrected chi connectivity index (χ4v) is 4.08. The third-order valence-corrected chi connectivity index (χ3v) is 6.32. The van der Waals surface area contributed by atoms with Gasteiger partial charge in [-0.05, 0) is 36.9 Å². The van der Waals surface area contributed by atoms with Gasteiger partial charge in [-0.15, -0.1) is 0 Å². The molecule has 1 saturated heterocycles. The van der Waals surface area contributed by atoms with Gasteiger partial charge in [-0.2, -0.15) is 0 Å². The van der Waals surface area contributed by atoms with Gasteiger partial charge in [-0.3, -0.25) is 9.78 Å². The molecule has 8 nitrogen and oxygen atoms in total. The minimum Gasteiger partial charge on any atom is -0.475 e. The van der Waals surface area contributed by atoms with Gasteiger partial charge in [0.1, 0.15) is 11.5 Å². The fraction of sp³-hybridized carbons (Fsp3) is 0.304. The van der Waals surface area contributed by atoms with Crippen LogP contribution in [-0.2, 0) is 6.42 Å². The molecule has 2 aromatic heterocycles. The summed E-state index contributed by atoms with van der Waals surface area (Å²) in [6.07, 6.45) is 3.26. The van der Waals surface area contributed by atoms with Crippen molar-refractivity contribution in [2.45, 2.75) is 6.42 Å². The van der Waals surface area contributed by atoms with Crippen LogP contribution < -0.4 is 10.5 Å². The average Bonchev–Trinajstić information content (AvgIpc) is 2.85. The highest BCUT2D eigenvalue weighted by molar-refractivity contribution is 6.36. The Hall–Kier alpha value is -3.01. The molecule has 0 saturated carbocycles. The maximum Gasteiger partial charge on any atom is 0.257 e. The summed E-state index contributed by atoms with van der Waals surface area (Å²) in [5.41, 5.74) is 7.80. The van der Waals surface area contributed by atoms with Gasteiger partial charge in [-0.25, -0.2) is 14.4 Å². The molecule has 34 heavy (non-hydrogen) atoms. The smallest absolute Gasteiger partial charge is 0.257 e. The van der Waals surface area contributed by atoms with E-state index in [0.717, 1.165) is 13.1 Å². The van der Waals surface area contributed by atoms with Crippen molar-refractivity contribution >= 4 is 34.9 Å². The van der Waals surface area contributed by atoms with Gasteiger partial charge in [0.15, 0.2) is 5.82 Å². The van der Waals surface area contributed by atoms with Crippen molar-refractivity contribution in [3.8, 4) is 17.3 Å². The lowest BCUT2D eigenvalue weighted by Gasteiger charge is -2.32. The number of nitrogens with zero attached hydrogens (tertiary/aromatic N) is 5. The van der Waals surface area contributed by atoms with Gasteiger partial charge < -0.3 is 20.3 Å². The van der Waals surface area contributed by atoms with Crippen LogP contribution in [0.25, 0.3) is 11.4 Å². The van der Waals surface area contributed by atoms with Gasteiger partial charge in [0.2, 0.25) is 0 Å². The monoisotopic (exact) mass is 504 g/mol. The molecule has 3 aromatic rings. The third kappa shape index (κ3) is 5.38. The number of benzene rings is 1. The Morgan fingerprint density at radius 1 is 1.09 bits per heavy atom. The summed E-state index contributed by atoms with van der Waals surface area (Å²) in [4.78, 5) is 29.6. The molecular weight excluding hydrogens is 482 g/mol. The lowest BCUT2D eigenvalue weighted by atomic mass is 10.1. The molecule has 1 aliphatic heterocycles. The molecule has 1 aromatic carbocycles. The first kappa shape index (κ1) is 24.1. The van der Waals surface area contributed by atoms with Crippen LogP contribution in [0, 0.1) is 5.82 Å². The second-order valence-electron chi connectivity index (χ2n) is 7.89. The van der Waals surface area contributed by atoms with Crippen LogP contribution in [0.1, 0.15) is 15.9 Å². The van der Waals surface area contributed by atoms with Crippen LogP contribution >= 0.6 is 23.2 Å². The Morgan fingerprint density at radius 3 is 2.56 bits per heavy atom. The number of piperazine rings is 1. The van der Waals surface area contributed by atoms with E-state index in [1.807, 2.05) is 11.9 Å². The summed E-state index contributed by atoms with van der Waals surface area (Å²) in [6, 6.07) is 6.07. The number of carbonyl (C=O) groups is 1. The highest BCUT2D eigenvalue weighted by atomic mass is 35.5. The molecule has 3 heterocycles. The number of nitrogen functional groups attached to an aromatic ring is 1. The van der Waals surface area contributed by atoms with Gasteiger partial charge in [0, 0.05) is 43.8 Å². The van der Waals surface area contributed by atoms with E-state index in [9.17, 15) is 9.18 Å². The molecule has 1 fully saturated rings. The predicted octanol–water partition coefficient (Wildman–Crippen LogP) is 3.58. The number of hydrogen-bond donors (Lipinski definition) is 1. The normalized spacial score (nSPS) is 14.3. The molecule has 0 spiro atoms. The average molecular weight is 505 g/mol. The summed E-state index contributed by atoms with van der Waals surface area (Å²) in [7, 11) is 2.04. The van der Waals surface area contributed by atoms with Crippen LogP contribution in [0.3, 0.4) is 0 Å². The van der Waals surface area contributed by atoms with Gasteiger partial charge in [0.25, 0.3) is 11.8 Å². The first-order valence-corrected chi connectivity index (χ1v) is 11.4. The van der Waals surface area contributed by atoms with E-state index in [0.29, 0.717) is 40.6 Å². The minimum absolute atomic E-state index is 0.0423. The molecule has 1 amide bonds. The quantitative estimate of drug-likeness (QED) is 0.512. The maximum absolute atomic E-state index is 13.7. The summed E-state index contributed by atoms with van der Waals surface area (Å²) in [5, 5.41) is 0.303. The third-order valence-electron chi connectivity index (χ3n) is 5.56. The van der Waals surface area contributed by atoms with E-state index >= 15 is 0 Å². The molecular formula is C23H23Cl2FN6O2. The molecule has 0 bridgehead atoms. The van der Waals surface area contributed by atoms with Crippen molar-refractivity contribution in [2.75, 3.05) is 45.6 Å². The van der Waals surface area contributed by atoms with E-state index in [-0.39, 0.29) is 35.7 Å². The highest BCUT2D eigenvalue weighted by Gasteiger charge is 2.21. The summed E-state index contributed by atoms with van der Waals surface area (Å²) < 4.78 is 19.4. The van der Waals surface area contributed by atoms with Crippen molar-refractivity contribution in [3.05, 3.63) is 63.6 Å².